The van der Waals surface area contributed by atoms with Crippen LogP contribution in [0.5, 0.6) is 11.5 Å². The maximum absolute atomic E-state index is 13.2. The third kappa shape index (κ3) is 3.80. The number of rotatable bonds is 5. The van der Waals surface area contributed by atoms with Gasteiger partial charge in [-0.05, 0) is 43.2 Å². The van der Waals surface area contributed by atoms with Crippen molar-refractivity contribution in [2.45, 2.75) is 18.9 Å². The smallest absolute Gasteiger partial charge is 0.276 e. The monoisotopic (exact) mass is 412 g/mol. The normalized spacial score (nSPS) is 16.1. The van der Waals surface area contributed by atoms with Gasteiger partial charge in [0.05, 0.1) is 20.3 Å². The maximum Gasteiger partial charge on any atom is 0.276 e. The Morgan fingerprint density at radius 1 is 1.17 bits per heavy atom. The predicted molar refractivity (Wildman–Crippen MR) is 110 cm³/mol. The van der Waals surface area contributed by atoms with Crippen LogP contribution in [0.15, 0.2) is 53.1 Å². The Morgan fingerprint density at radius 2 is 2.03 bits per heavy atom. The Bertz CT molecular complexity index is 1030. The van der Waals surface area contributed by atoms with Gasteiger partial charge >= 0.3 is 0 Å². The van der Waals surface area contributed by atoms with Gasteiger partial charge in [-0.15, -0.1) is 0 Å². The number of amides is 1. The van der Waals surface area contributed by atoms with Crippen LogP contribution in [0, 0.1) is 0 Å². The van der Waals surface area contributed by atoms with Crippen LogP contribution in [0.25, 0.3) is 11.3 Å². The number of halogens is 1. The standard InChI is InChI=1S/C22H21ClN2O4/c1-27-16-8-9-20(28-2)17(12-16)19-7-4-10-25(19)22(26)18-13-21(29-24-18)14-5-3-6-15(23)11-14/h3,5-6,8-9,11-13,19H,4,7,10H2,1-2H3. The minimum atomic E-state index is -0.172. The molecule has 0 spiro atoms. The van der Waals surface area contributed by atoms with Gasteiger partial charge in [0.15, 0.2) is 11.5 Å². The van der Waals surface area contributed by atoms with Gasteiger partial charge in [-0.2, -0.15) is 0 Å². The van der Waals surface area contributed by atoms with Crippen molar-refractivity contribution in [2.75, 3.05) is 20.8 Å². The van der Waals surface area contributed by atoms with Crippen molar-refractivity contribution >= 4 is 17.5 Å². The van der Waals surface area contributed by atoms with E-state index in [2.05, 4.69) is 5.16 Å². The summed E-state index contributed by atoms with van der Waals surface area (Å²) in [4.78, 5) is 15.0. The van der Waals surface area contributed by atoms with Gasteiger partial charge < -0.3 is 18.9 Å². The van der Waals surface area contributed by atoms with E-state index >= 15 is 0 Å². The number of methoxy groups -OCH3 is 2. The molecule has 0 N–H and O–H groups in total. The lowest BCUT2D eigenvalue weighted by Crippen LogP contribution is -2.31. The van der Waals surface area contributed by atoms with Crippen LogP contribution < -0.4 is 9.47 Å². The molecular weight excluding hydrogens is 392 g/mol. The van der Waals surface area contributed by atoms with E-state index < -0.39 is 0 Å². The number of aromatic nitrogens is 1. The summed E-state index contributed by atoms with van der Waals surface area (Å²) in [5, 5.41) is 4.60. The Kier molecular flexibility index (Phi) is 5.45. The molecule has 1 aliphatic rings. The van der Waals surface area contributed by atoms with E-state index in [9.17, 15) is 4.79 Å². The highest BCUT2D eigenvalue weighted by atomic mass is 35.5. The third-order valence-corrected chi connectivity index (χ3v) is 5.38. The predicted octanol–water partition coefficient (Wildman–Crippen LogP) is 4.99. The van der Waals surface area contributed by atoms with Crippen molar-refractivity contribution in [3.8, 4) is 22.8 Å². The van der Waals surface area contributed by atoms with Gasteiger partial charge in [0, 0.05) is 28.8 Å². The van der Waals surface area contributed by atoms with Crippen molar-refractivity contribution in [3.05, 3.63) is 64.8 Å². The van der Waals surface area contributed by atoms with Crippen LogP contribution in [-0.2, 0) is 0 Å². The van der Waals surface area contributed by atoms with Crippen molar-refractivity contribution in [1.82, 2.24) is 10.1 Å². The summed E-state index contributed by atoms with van der Waals surface area (Å²) in [5.41, 5.74) is 1.97. The van der Waals surface area contributed by atoms with E-state index in [0.29, 0.717) is 17.3 Å². The first-order chi connectivity index (χ1) is 14.1. The summed E-state index contributed by atoms with van der Waals surface area (Å²) in [6, 6.07) is 14.4. The number of nitrogens with zero attached hydrogens (tertiary/aromatic N) is 2. The summed E-state index contributed by atoms with van der Waals surface area (Å²) in [6.07, 6.45) is 1.74. The zero-order valence-corrected chi connectivity index (χ0v) is 17.0. The molecule has 4 rings (SSSR count). The average Bonchev–Trinajstić information content (AvgIpc) is 3.42. The van der Waals surface area contributed by atoms with E-state index in [1.807, 2.05) is 35.2 Å². The quantitative estimate of drug-likeness (QED) is 0.590. The first kappa shape index (κ1) is 19.3. The molecule has 2 aromatic carbocycles. The van der Waals surface area contributed by atoms with Crippen molar-refractivity contribution in [3.63, 3.8) is 0 Å². The number of likely N-dealkylation sites (tertiary alicyclic amines) is 1. The van der Waals surface area contributed by atoms with Crippen LogP contribution in [0.2, 0.25) is 5.02 Å². The number of benzene rings is 2. The van der Waals surface area contributed by atoms with Gasteiger partial charge in [0.1, 0.15) is 11.5 Å². The van der Waals surface area contributed by atoms with E-state index in [1.54, 1.807) is 32.4 Å². The van der Waals surface area contributed by atoms with E-state index in [4.69, 9.17) is 25.6 Å². The molecule has 2 heterocycles. The number of ether oxygens (including phenoxy) is 2. The second-order valence-electron chi connectivity index (χ2n) is 6.85. The SMILES string of the molecule is COc1ccc(OC)c(C2CCCN2C(=O)c2cc(-c3cccc(Cl)c3)on2)c1. The Morgan fingerprint density at radius 3 is 2.79 bits per heavy atom. The molecule has 0 radical (unpaired) electrons. The second kappa shape index (κ2) is 8.17. The van der Waals surface area contributed by atoms with E-state index in [1.165, 1.54) is 0 Å². The molecule has 29 heavy (non-hydrogen) atoms. The van der Waals surface area contributed by atoms with Crippen molar-refractivity contribution < 1.29 is 18.8 Å². The highest BCUT2D eigenvalue weighted by Gasteiger charge is 2.34. The molecule has 3 aromatic rings. The summed E-state index contributed by atoms with van der Waals surface area (Å²) in [5.74, 6) is 1.79. The Labute approximate surface area is 174 Å². The first-order valence-electron chi connectivity index (χ1n) is 9.36. The highest BCUT2D eigenvalue weighted by molar-refractivity contribution is 6.30. The summed E-state index contributed by atoms with van der Waals surface area (Å²) < 4.78 is 16.3. The fourth-order valence-electron chi connectivity index (χ4n) is 3.73. The molecule has 1 atom stereocenters. The van der Waals surface area contributed by atoms with Gasteiger partial charge in [-0.3, -0.25) is 4.79 Å². The van der Waals surface area contributed by atoms with Crippen LogP contribution in [0.4, 0.5) is 0 Å². The van der Waals surface area contributed by atoms with Gasteiger partial charge in [0.2, 0.25) is 0 Å². The molecule has 0 saturated carbocycles. The largest absolute Gasteiger partial charge is 0.497 e. The molecule has 0 aliphatic carbocycles. The topological polar surface area (TPSA) is 64.8 Å². The highest BCUT2D eigenvalue weighted by Crippen LogP contribution is 2.39. The van der Waals surface area contributed by atoms with Crippen LogP contribution >= 0.6 is 11.6 Å². The van der Waals surface area contributed by atoms with E-state index in [0.717, 1.165) is 35.5 Å². The number of hydrogen-bond acceptors (Lipinski definition) is 5. The Hall–Kier alpha value is -2.99. The lowest BCUT2D eigenvalue weighted by atomic mass is 10.0. The molecule has 6 nitrogen and oxygen atoms in total. The van der Waals surface area contributed by atoms with E-state index in [-0.39, 0.29) is 17.6 Å². The molecule has 1 unspecified atom stereocenters. The average molecular weight is 413 g/mol. The molecule has 7 heteroatoms. The zero-order valence-electron chi connectivity index (χ0n) is 16.2. The summed E-state index contributed by atoms with van der Waals surface area (Å²) >= 11 is 6.05. The first-order valence-corrected chi connectivity index (χ1v) is 9.74. The van der Waals surface area contributed by atoms with Gasteiger partial charge in [0.25, 0.3) is 5.91 Å². The Balaban J connectivity index is 1.62. The molecule has 0 bridgehead atoms. The molecular formula is C22H21ClN2O4. The molecule has 1 saturated heterocycles. The second-order valence-corrected chi connectivity index (χ2v) is 7.29. The molecule has 1 aromatic heterocycles. The van der Waals surface area contributed by atoms with Crippen LogP contribution in [0.1, 0.15) is 34.9 Å². The lowest BCUT2D eigenvalue weighted by molar-refractivity contribution is 0.0723. The fraction of sp³-hybridized carbons (Fsp3) is 0.273. The minimum absolute atomic E-state index is 0.112. The summed E-state index contributed by atoms with van der Waals surface area (Å²) in [7, 11) is 3.25. The van der Waals surface area contributed by atoms with Crippen molar-refractivity contribution in [2.24, 2.45) is 0 Å². The molecule has 150 valence electrons. The number of hydrogen-bond donors (Lipinski definition) is 0. The maximum atomic E-state index is 13.2. The number of carbonyl (C=O) groups is 1. The minimum Gasteiger partial charge on any atom is -0.497 e. The molecule has 1 amide bonds. The molecule has 1 fully saturated rings. The van der Waals surface area contributed by atoms with Gasteiger partial charge in [-0.1, -0.05) is 28.9 Å². The molecule has 1 aliphatic heterocycles. The summed E-state index contributed by atoms with van der Waals surface area (Å²) in [6.45, 7) is 0.642. The zero-order chi connectivity index (χ0) is 20.4. The third-order valence-electron chi connectivity index (χ3n) is 5.15. The fourth-order valence-corrected chi connectivity index (χ4v) is 3.92. The van der Waals surface area contributed by atoms with Crippen LogP contribution in [-0.4, -0.2) is 36.7 Å². The lowest BCUT2D eigenvalue weighted by Gasteiger charge is -2.26. The number of carbonyl (C=O) groups excluding carboxylic acids is 1. The van der Waals surface area contributed by atoms with Crippen molar-refractivity contribution in [1.29, 1.82) is 0 Å². The van der Waals surface area contributed by atoms with Crippen LogP contribution in [0.3, 0.4) is 0 Å². The van der Waals surface area contributed by atoms with Gasteiger partial charge in [-0.25, -0.2) is 0 Å².